The summed E-state index contributed by atoms with van der Waals surface area (Å²) in [7, 11) is 0. The number of hydrogen-bond acceptors (Lipinski definition) is 4. The lowest BCUT2D eigenvalue weighted by atomic mass is 9.69. The van der Waals surface area contributed by atoms with E-state index >= 15 is 0 Å². The fourth-order valence-corrected chi connectivity index (χ4v) is 5.29. The zero-order valence-corrected chi connectivity index (χ0v) is 14.4. The second kappa shape index (κ2) is 4.91. The van der Waals surface area contributed by atoms with Crippen molar-refractivity contribution in [3.8, 4) is 0 Å². The zero-order chi connectivity index (χ0) is 17.3. The van der Waals surface area contributed by atoms with Gasteiger partial charge in [0.2, 0.25) is 6.79 Å². The Morgan fingerprint density at radius 1 is 1.08 bits per heavy atom. The largest absolute Gasteiger partial charge is 0.454 e. The minimum absolute atomic E-state index is 0.142. The van der Waals surface area contributed by atoms with Gasteiger partial charge in [0.15, 0.2) is 17.3 Å². The third-order valence-corrected chi connectivity index (χ3v) is 6.39. The van der Waals surface area contributed by atoms with Crippen LogP contribution in [0.3, 0.4) is 0 Å². The molecule has 4 aliphatic rings. The Hall–Kier alpha value is -2.75. The Labute approximate surface area is 151 Å². The van der Waals surface area contributed by atoms with E-state index in [1.54, 1.807) is 6.08 Å². The summed E-state index contributed by atoms with van der Waals surface area (Å²) in [4.78, 5) is 15.9. The van der Waals surface area contributed by atoms with Crippen molar-refractivity contribution in [2.75, 3.05) is 18.2 Å². The van der Waals surface area contributed by atoms with Crippen molar-refractivity contribution in [3.05, 3.63) is 65.6 Å². The second-order valence-corrected chi connectivity index (χ2v) is 7.65. The summed E-state index contributed by atoms with van der Waals surface area (Å²) in [6, 6.07) is 13.1. The van der Waals surface area contributed by atoms with Gasteiger partial charge < -0.3 is 14.4 Å². The van der Waals surface area contributed by atoms with Crippen LogP contribution in [0.5, 0.6) is 0 Å². The number of allylic oxidation sites excluding steroid dienone is 1. The van der Waals surface area contributed by atoms with E-state index in [1.165, 1.54) is 22.0 Å². The van der Waals surface area contributed by atoms with Crippen molar-refractivity contribution in [1.82, 2.24) is 0 Å². The van der Waals surface area contributed by atoms with Crippen LogP contribution in [-0.2, 0) is 20.7 Å². The van der Waals surface area contributed by atoms with Gasteiger partial charge in [0, 0.05) is 29.7 Å². The Morgan fingerprint density at radius 3 is 2.85 bits per heavy atom. The number of benzene rings is 2. The standard InChI is InChI=1S/C22H19NO3/c24-20-10-17-18(26-13-25-17)12-22(20)11-15-6-1-4-14-5-2-7-16(21(14)15)23-9-3-8-19(22)23/h1-2,4-7,10,12,19H,3,8-9,11,13H2/t19-,22-/m0/s1. The first kappa shape index (κ1) is 14.4. The molecule has 4 heteroatoms. The van der Waals surface area contributed by atoms with Crippen molar-refractivity contribution >= 4 is 22.2 Å². The minimum Gasteiger partial charge on any atom is -0.454 e. The molecule has 4 nitrogen and oxygen atoms in total. The molecule has 0 aromatic heterocycles. The molecule has 6 rings (SSSR count). The molecule has 0 N–H and O–H groups in total. The maximum Gasteiger partial charge on any atom is 0.231 e. The Balaban J connectivity index is 1.64. The van der Waals surface area contributed by atoms with Crippen LogP contribution in [0.25, 0.3) is 10.8 Å². The molecule has 3 aliphatic heterocycles. The van der Waals surface area contributed by atoms with Gasteiger partial charge in [0.25, 0.3) is 0 Å². The van der Waals surface area contributed by atoms with Crippen LogP contribution in [0.1, 0.15) is 18.4 Å². The van der Waals surface area contributed by atoms with Gasteiger partial charge >= 0.3 is 0 Å². The number of rotatable bonds is 0. The monoisotopic (exact) mass is 345 g/mol. The van der Waals surface area contributed by atoms with E-state index in [-0.39, 0.29) is 18.6 Å². The Kier molecular flexibility index (Phi) is 2.72. The molecule has 0 amide bonds. The van der Waals surface area contributed by atoms with Crippen LogP contribution < -0.4 is 4.90 Å². The first-order chi connectivity index (χ1) is 12.8. The number of anilines is 1. The van der Waals surface area contributed by atoms with E-state index in [2.05, 4.69) is 47.4 Å². The molecule has 26 heavy (non-hydrogen) atoms. The molecule has 0 saturated carbocycles. The number of fused-ring (bicyclic) bond motifs is 4. The van der Waals surface area contributed by atoms with Crippen molar-refractivity contribution in [3.63, 3.8) is 0 Å². The van der Waals surface area contributed by atoms with E-state index in [0.29, 0.717) is 12.2 Å². The third kappa shape index (κ3) is 1.72. The molecule has 2 fully saturated rings. The average molecular weight is 345 g/mol. The molecule has 1 aliphatic carbocycles. The Morgan fingerprint density at radius 2 is 1.92 bits per heavy atom. The molecule has 1 spiro atoms. The van der Waals surface area contributed by atoms with Gasteiger partial charge in [-0.05, 0) is 42.4 Å². The number of carbonyl (C=O) groups is 1. The third-order valence-electron chi connectivity index (χ3n) is 6.39. The van der Waals surface area contributed by atoms with Crippen molar-refractivity contribution < 1.29 is 14.3 Å². The molecule has 3 heterocycles. The van der Waals surface area contributed by atoms with Gasteiger partial charge in [0.1, 0.15) is 0 Å². The number of ketones is 1. The molecule has 0 radical (unpaired) electrons. The van der Waals surface area contributed by atoms with E-state index in [9.17, 15) is 4.79 Å². The highest BCUT2D eigenvalue weighted by atomic mass is 16.7. The lowest BCUT2D eigenvalue weighted by Crippen LogP contribution is -2.49. The van der Waals surface area contributed by atoms with Crippen LogP contribution in [0, 0.1) is 5.41 Å². The number of ether oxygens (including phenoxy) is 2. The number of hydrogen-bond donors (Lipinski definition) is 0. The summed E-state index contributed by atoms with van der Waals surface area (Å²) in [5, 5.41) is 2.54. The van der Waals surface area contributed by atoms with Gasteiger partial charge in [-0.2, -0.15) is 0 Å². The van der Waals surface area contributed by atoms with Gasteiger partial charge in [0.05, 0.1) is 5.41 Å². The number of nitrogens with zero attached hydrogens (tertiary/aromatic N) is 1. The maximum absolute atomic E-state index is 13.4. The van der Waals surface area contributed by atoms with E-state index in [1.807, 2.05) is 0 Å². The topological polar surface area (TPSA) is 38.8 Å². The fraction of sp³-hybridized carbons (Fsp3) is 0.318. The molecule has 0 bridgehead atoms. The van der Waals surface area contributed by atoms with E-state index in [0.717, 1.165) is 25.1 Å². The Bertz CT molecular complexity index is 1020. The van der Waals surface area contributed by atoms with E-state index in [4.69, 9.17) is 9.47 Å². The highest BCUT2D eigenvalue weighted by Crippen LogP contribution is 2.50. The smallest absolute Gasteiger partial charge is 0.231 e. The SMILES string of the molecule is O=C1C=C2OCOC2=C[C@]12Cc1cccc3cccc(c13)N1CCC[C@H]12. The molecule has 130 valence electrons. The zero-order valence-electron chi connectivity index (χ0n) is 14.4. The molecule has 0 unspecified atom stereocenters. The van der Waals surface area contributed by atoms with Crippen LogP contribution >= 0.6 is 0 Å². The molecule has 2 saturated heterocycles. The summed E-state index contributed by atoms with van der Waals surface area (Å²) in [5.74, 6) is 1.46. The fourth-order valence-electron chi connectivity index (χ4n) is 5.29. The summed E-state index contributed by atoms with van der Waals surface area (Å²) >= 11 is 0. The van der Waals surface area contributed by atoms with Crippen LogP contribution in [-0.4, -0.2) is 25.2 Å². The highest BCUT2D eigenvalue weighted by Gasteiger charge is 2.52. The summed E-state index contributed by atoms with van der Waals surface area (Å²) in [5.41, 5.74) is 1.92. The van der Waals surface area contributed by atoms with E-state index < -0.39 is 5.41 Å². The van der Waals surface area contributed by atoms with Crippen LogP contribution in [0.15, 0.2) is 60.1 Å². The molecule has 2 aromatic carbocycles. The first-order valence-electron chi connectivity index (χ1n) is 9.28. The second-order valence-electron chi connectivity index (χ2n) is 7.65. The summed E-state index contributed by atoms with van der Waals surface area (Å²) in [6.45, 7) is 1.19. The summed E-state index contributed by atoms with van der Waals surface area (Å²) < 4.78 is 11.1. The molecular formula is C22H19NO3. The van der Waals surface area contributed by atoms with Crippen molar-refractivity contribution in [2.45, 2.75) is 25.3 Å². The van der Waals surface area contributed by atoms with Gasteiger partial charge in [-0.1, -0.05) is 30.3 Å². The summed E-state index contributed by atoms with van der Waals surface area (Å²) in [6.07, 6.45) is 6.55. The van der Waals surface area contributed by atoms with Gasteiger partial charge in [-0.3, -0.25) is 4.79 Å². The van der Waals surface area contributed by atoms with Gasteiger partial charge in [-0.15, -0.1) is 0 Å². The maximum atomic E-state index is 13.4. The molecule has 2 atom stereocenters. The normalized spacial score (nSPS) is 28.8. The van der Waals surface area contributed by atoms with Crippen molar-refractivity contribution in [1.29, 1.82) is 0 Å². The highest BCUT2D eigenvalue weighted by molar-refractivity contribution is 6.03. The lowest BCUT2D eigenvalue weighted by Gasteiger charge is -2.40. The minimum atomic E-state index is -0.587. The quantitative estimate of drug-likeness (QED) is 0.730. The molecular weight excluding hydrogens is 326 g/mol. The molecule has 2 aromatic rings. The average Bonchev–Trinajstić information content (AvgIpc) is 3.28. The van der Waals surface area contributed by atoms with Gasteiger partial charge in [-0.25, -0.2) is 0 Å². The van der Waals surface area contributed by atoms with Crippen LogP contribution in [0.2, 0.25) is 0 Å². The number of carbonyl (C=O) groups excluding carboxylic acids is 1. The predicted molar refractivity (Wildman–Crippen MR) is 98.7 cm³/mol. The predicted octanol–water partition coefficient (Wildman–Crippen LogP) is 3.71. The van der Waals surface area contributed by atoms with Crippen molar-refractivity contribution in [2.24, 2.45) is 5.41 Å². The first-order valence-corrected chi connectivity index (χ1v) is 9.28. The lowest BCUT2D eigenvalue weighted by molar-refractivity contribution is -0.122. The van der Waals surface area contributed by atoms with Crippen LogP contribution in [0.4, 0.5) is 5.69 Å².